The van der Waals surface area contributed by atoms with Crippen molar-refractivity contribution in [3.8, 4) is 11.3 Å². The Bertz CT molecular complexity index is 1040. The van der Waals surface area contributed by atoms with E-state index in [0.29, 0.717) is 25.1 Å². The van der Waals surface area contributed by atoms with Crippen LogP contribution >= 0.6 is 0 Å². The molecule has 2 aromatic heterocycles. The number of carbonyl (C=O) groups excluding carboxylic acids is 1. The number of Topliss-reactive ketones (excluding diaryl/α,β-unsaturated/α-hetero) is 1. The van der Waals surface area contributed by atoms with Crippen molar-refractivity contribution in [2.24, 2.45) is 5.73 Å². The number of nitrogens with zero attached hydrogens (tertiary/aromatic N) is 3. The SMILES string of the molecule is N[C@@H]1CN(c2ccncc2CC(=O)c2ccc(F)c(-c3ccccc3)n2)CC[C@H]1O. The lowest BCUT2D eigenvalue weighted by atomic mass is 10.00. The summed E-state index contributed by atoms with van der Waals surface area (Å²) in [4.78, 5) is 23.5. The number of aliphatic hydroxyl groups excluding tert-OH is 1. The number of benzene rings is 1. The van der Waals surface area contributed by atoms with Crippen LogP contribution in [0.5, 0.6) is 0 Å². The molecule has 0 bridgehead atoms. The minimum atomic E-state index is -0.520. The molecule has 3 heterocycles. The zero-order valence-corrected chi connectivity index (χ0v) is 16.4. The summed E-state index contributed by atoms with van der Waals surface area (Å²) in [5.41, 5.74) is 8.61. The van der Waals surface area contributed by atoms with Gasteiger partial charge >= 0.3 is 0 Å². The number of halogens is 1. The molecule has 1 aliphatic rings. The molecule has 1 saturated heterocycles. The Hall–Kier alpha value is -3.16. The zero-order chi connectivity index (χ0) is 21.1. The summed E-state index contributed by atoms with van der Waals surface area (Å²) >= 11 is 0. The van der Waals surface area contributed by atoms with Crippen LogP contribution in [0, 0.1) is 5.82 Å². The monoisotopic (exact) mass is 406 g/mol. The second kappa shape index (κ2) is 8.69. The first kappa shape index (κ1) is 20.1. The van der Waals surface area contributed by atoms with Gasteiger partial charge < -0.3 is 15.7 Å². The highest BCUT2D eigenvalue weighted by Gasteiger charge is 2.26. The highest BCUT2D eigenvalue weighted by molar-refractivity contribution is 5.97. The predicted molar refractivity (Wildman–Crippen MR) is 113 cm³/mol. The molecular weight excluding hydrogens is 383 g/mol. The van der Waals surface area contributed by atoms with Crippen molar-refractivity contribution < 1.29 is 14.3 Å². The fraction of sp³-hybridized carbons (Fsp3) is 0.261. The lowest BCUT2D eigenvalue weighted by Gasteiger charge is -2.36. The normalized spacial score (nSPS) is 19.0. The summed E-state index contributed by atoms with van der Waals surface area (Å²) in [5, 5.41) is 9.89. The van der Waals surface area contributed by atoms with Gasteiger partial charge in [-0.2, -0.15) is 0 Å². The number of aromatic nitrogens is 2. The topological polar surface area (TPSA) is 92.3 Å². The summed E-state index contributed by atoms with van der Waals surface area (Å²) < 4.78 is 14.3. The van der Waals surface area contributed by atoms with Gasteiger partial charge in [-0.1, -0.05) is 30.3 Å². The Morgan fingerprint density at radius 3 is 2.77 bits per heavy atom. The molecule has 4 rings (SSSR count). The second-order valence-corrected chi connectivity index (χ2v) is 7.46. The van der Waals surface area contributed by atoms with E-state index in [0.717, 1.165) is 11.3 Å². The molecular formula is C23H23FN4O2. The predicted octanol–water partition coefficient (Wildman–Crippen LogP) is 2.61. The Morgan fingerprint density at radius 2 is 2.00 bits per heavy atom. The lowest BCUT2D eigenvalue weighted by Crippen LogP contribution is -2.51. The third-order valence-electron chi connectivity index (χ3n) is 5.37. The Labute approximate surface area is 174 Å². The van der Waals surface area contributed by atoms with Crippen molar-refractivity contribution in [1.29, 1.82) is 0 Å². The van der Waals surface area contributed by atoms with Gasteiger partial charge in [-0.15, -0.1) is 0 Å². The van der Waals surface area contributed by atoms with E-state index >= 15 is 0 Å². The molecule has 3 N–H and O–H groups in total. The van der Waals surface area contributed by atoms with Crippen molar-refractivity contribution in [3.05, 3.63) is 78.0 Å². The van der Waals surface area contributed by atoms with Crippen molar-refractivity contribution >= 4 is 11.5 Å². The van der Waals surface area contributed by atoms with Crippen molar-refractivity contribution in [2.45, 2.75) is 25.0 Å². The van der Waals surface area contributed by atoms with E-state index in [2.05, 4.69) is 14.9 Å². The first-order chi connectivity index (χ1) is 14.5. The number of aliphatic hydroxyl groups is 1. The number of anilines is 1. The van der Waals surface area contributed by atoms with Crippen LogP contribution in [0.1, 0.15) is 22.5 Å². The van der Waals surface area contributed by atoms with Crippen LogP contribution in [0.3, 0.4) is 0 Å². The van der Waals surface area contributed by atoms with Crippen LogP contribution < -0.4 is 10.6 Å². The van der Waals surface area contributed by atoms with Crippen LogP contribution in [0.2, 0.25) is 0 Å². The van der Waals surface area contributed by atoms with Gasteiger partial charge in [0.1, 0.15) is 17.2 Å². The van der Waals surface area contributed by atoms with Crippen LogP contribution in [0.15, 0.2) is 60.9 Å². The fourth-order valence-electron chi connectivity index (χ4n) is 3.71. The molecule has 1 aliphatic heterocycles. The third-order valence-corrected chi connectivity index (χ3v) is 5.37. The van der Waals surface area contributed by atoms with Crippen LogP contribution in [-0.4, -0.2) is 46.1 Å². The lowest BCUT2D eigenvalue weighted by molar-refractivity contribution is 0.0987. The summed E-state index contributed by atoms with van der Waals surface area (Å²) in [7, 11) is 0. The highest BCUT2D eigenvalue weighted by atomic mass is 19.1. The molecule has 0 saturated carbocycles. The average Bonchev–Trinajstić information content (AvgIpc) is 2.77. The van der Waals surface area contributed by atoms with E-state index in [4.69, 9.17) is 5.73 Å². The number of pyridine rings is 2. The van der Waals surface area contributed by atoms with Crippen LogP contribution in [-0.2, 0) is 6.42 Å². The number of ketones is 1. The van der Waals surface area contributed by atoms with Gasteiger partial charge in [-0.3, -0.25) is 9.78 Å². The van der Waals surface area contributed by atoms with Crippen molar-refractivity contribution in [3.63, 3.8) is 0 Å². The number of nitrogens with two attached hydrogens (primary N) is 1. The molecule has 0 unspecified atom stereocenters. The van der Waals surface area contributed by atoms with Crippen molar-refractivity contribution in [2.75, 3.05) is 18.0 Å². The van der Waals surface area contributed by atoms with Gasteiger partial charge in [0.25, 0.3) is 0 Å². The van der Waals surface area contributed by atoms with Gasteiger partial charge in [0, 0.05) is 54.8 Å². The molecule has 3 aromatic rings. The van der Waals surface area contributed by atoms with Gasteiger partial charge in [0.2, 0.25) is 0 Å². The van der Waals surface area contributed by atoms with E-state index < -0.39 is 11.9 Å². The minimum Gasteiger partial charge on any atom is -0.391 e. The van der Waals surface area contributed by atoms with E-state index in [1.807, 2.05) is 12.1 Å². The smallest absolute Gasteiger partial charge is 0.185 e. The minimum absolute atomic E-state index is 0.0876. The van der Waals surface area contributed by atoms with Crippen LogP contribution in [0.25, 0.3) is 11.3 Å². The molecule has 0 amide bonds. The van der Waals surface area contributed by atoms with Gasteiger partial charge in [0.15, 0.2) is 5.78 Å². The maximum absolute atomic E-state index is 14.3. The summed E-state index contributed by atoms with van der Waals surface area (Å²) in [6.45, 7) is 1.15. The van der Waals surface area contributed by atoms with E-state index in [9.17, 15) is 14.3 Å². The van der Waals surface area contributed by atoms with E-state index in [1.165, 1.54) is 12.1 Å². The number of hydrogen-bond donors (Lipinski definition) is 2. The number of carbonyl (C=O) groups is 1. The standard InChI is InChI=1S/C23H23FN4O2/c24-17-6-7-19(27-23(17)15-4-2-1-3-5-15)22(30)12-16-13-26-10-8-20(16)28-11-9-21(29)18(25)14-28/h1-8,10,13,18,21,29H,9,11-12,14,25H2/t18-,21-/m1/s1. The van der Waals surface area contributed by atoms with Gasteiger partial charge in [-0.05, 0) is 24.6 Å². The Kier molecular flexibility index (Phi) is 5.83. The van der Waals surface area contributed by atoms with Gasteiger partial charge in [-0.25, -0.2) is 9.37 Å². The molecule has 0 radical (unpaired) electrons. The van der Waals surface area contributed by atoms with Gasteiger partial charge in [0.05, 0.1) is 6.10 Å². The van der Waals surface area contributed by atoms with E-state index in [-0.39, 0.29) is 29.6 Å². The quantitative estimate of drug-likeness (QED) is 0.633. The van der Waals surface area contributed by atoms with Crippen LogP contribution in [0.4, 0.5) is 10.1 Å². The molecule has 154 valence electrons. The maximum Gasteiger partial charge on any atom is 0.185 e. The molecule has 30 heavy (non-hydrogen) atoms. The molecule has 1 fully saturated rings. The number of hydrogen-bond acceptors (Lipinski definition) is 6. The Morgan fingerprint density at radius 1 is 1.20 bits per heavy atom. The third kappa shape index (κ3) is 4.22. The fourth-order valence-corrected chi connectivity index (χ4v) is 3.71. The summed E-state index contributed by atoms with van der Waals surface area (Å²) in [6.07, 6.45) is 3.46. The maximum atomic E-state index is 14.3. The first-order valence-electron chi connectivity index (χ1n) is 9.89. The van der Waals surface area contributed by atoms with Crippen molar-refractivity contribution in [1.82, 2.24) is 9.97 Å². The number of piperidine rings is 1. The molecule has 0 spiro atoms. The summed E-state index contributed by atoms with van der Waals surface area (Å²) in [5.74, 6) is -0.691. The molecule has 6 nitrogen and oxygen atoms in total. The largest absolute Gasteiger partial charge is 0.391 e. The van der Waals surface area contributed by atoms with E-state index in [1.54, 1.807) is 36.7 Å². The first-order valence-corrected chi connectivity index (χ1v) is 9.89. The second-order valence-electron chi connectivity index (χ2n) is 7.46. The molecule has 7 heteroatoms. The molecule has 0 aliphatic carbocycles. The molecule has 2 atom stereocenters. The summed E-state index contributed by atoms with van der Waals surface area (Å²) in [6, 6.07) is 13.1. The highest BCUT2D eigenvalue weighted by Crippen LogP contribution is 2.25. The molecule has 1 aromatic carbocycles. The number of rotatable bonds is 5. The Balaban J connectivity index is 1.58. The average molecular weight is 406 g/mol. The zero-order valence-electron chi connectivity index (χ0n) is 16.4.